The van der Waals surface area contributed by atoms with Gasteiger partial charge in [0, 0.05) is 31.3 Å². The topological polar surface area (TPSA) is 37.6 Å². The average molecular weight is 294 g/mol. The Morgan fingerprint density at radius 2 is 2.19 bits per heavy atom. The Hall–Kier alpha value is -0.840. The van der Waals surface area contributed by atoms with E-state index in [1.807, 2.05) is 0 Å². The molecule has 1 aromatic heterocycles. The van der Waals surface area contributed by atoms with Crippen LogP contribution in [0.1, 0.15) is 44.3 Å². The van der Waals surface area contributed by atoms with Gasteiger partial charge in [0.2, 0.25) is 0 Å². The van der Waals surface area contributed by atoms with Gasteiger partial charge >= 0.3 is 0 Å². The number of furan rings is 1. The standard InChI is InChI=1S/C17H30N2O2/c1-13-15(8-16(21-13)9-18-17(2,3)4)11-19-7-6-14(10-19)12-20-5/h8,14,18H,6-7,9-12H2,1-5H3. The number of ether oxygens (including phenoxy) is 1. The normalized spacial score (nSPS) is 20.3. The molecule has 1 unspecified atom stereocenters. The van der Waals surface area contributed by atoms with E-state index in [0.29, 0.717) is 5.92 Å². The number of nitrogens with one attached hydrogen (secondary N) is 1. The Morgan fingerprint density at radius 3 is 2.86 bits per heavy atom. The van der Waals surface area contributed by atoms with Gasteiger partial charge in [0.25, 0.3) is 0 Å². The summed E-state index contributed by atoms with van der Waals surface area (Å²) in [4.78, 5) is 2.50. The zero-order valence-corrected chi connectivity index (χ0v) is 14.2. The van der Waals surface area contributed by atoms with Gasteiger partial charge < -0.3 is 14.5 Å². The molecule has 4 heteroatoms. The molecule has 1 atom stereocenters. The Bertz CT molecular complexity index is 448. The van der Waals surface area contributed by atoms with E-state index in [2.05, 4.69) is 44.0 Å². The first-order valence-electron chi connectivity index (χ1n) is 7.92. The fourth-order valence-corrected chi connectivity index (χ4v) is 2.85. The lowest BCUT2D eigenvalue weighted by Gasteiger charge is -2.19. The number of nitrogens with zero attached hydrogens (tertiary/aromatic N) is 1. The predicted octanol–water partition coefficient (Wildman–Crippen LogP) is 2.94. The molecule has 0 spiro atoms. The summed E-state index contributed by atoms with van der Waals surface area (Å²) in [7, 11) is 1.79. The van der Waals surface area contributed by atoms with E-state index in [4.69, 9.17) is 9.15 Å². The number of likely N-dealkylation sites (tertiary alicyclic amines) is 1. The van der Waals surface area contributed by atoms with Crippen molar-refractivity contribution >= 4 is 0 Å². The summed E-state index contributed by atoms with van der Waals surface area (Å²) in [5, 5.41) is 3.47. The minimum Gasteiger partial charge on any atom is -0.465 e. The minimum atomic E-state index is 0.114. The van der Waals surface area contributed by atoms with Crippen molar-refractivity contribution < 1.29 is 9.15 Å². The summed E-state index contributed by atoms with van der Waals surface area (Å²) < 4.78 is 11.1. The zero-order valence-electron chi connectivity index (χ0n) is 14.2. The lowest BCUT2D eigenvalue weighted by Crippen LogP contribution is -2.34. The third kappa shape index (κ3) is 5.13. The summed E-state index contributed by atoms with van der Waals surface area (Å²) in [5.74, 6) is 2.77. The van der Waals surface area contributed by atoms with Crippen molar-refractivity contribution in [1.82, 2.24) is 10.2 Å². The van der Waals surface area contributed by atoms with Crippen LogP contribution in [-0.4, -0.2) is 37.2 Å². The average Bonchev–Trinajstić information content (AvgIpc) is 2.95. The molecule has 0 radical (unpaired) electrons. The highest BCUT2D eigenvalue weighted by Gasteiger charge is 2.23. The largest absolute Gasteiger partial charge is 0.465 e. The van der Waals surface area contributed by atoms with E-state index in [1.165, 1.54) is 12.0 Å². The Labute approximate surface area is 128 Å². The van der Waals surface area contributed by atoms with Crippen molar-refractivity contribution in [3.63, 3.8) is 0 Å². The van der Waals surface area contributed by atoms with Crippen LogP contribution in [0.25, 0.3) is 0 Å². The van der Waals surface area contributed by atoms with Gasteiger partial charge in [-0.15, -0.1) is 0 Å². The fraction of sp³-hybridized carbons (Fsp3) is 0.765. The second kappa shape index (κ2) is 6.95. The van der Waals surface area contributed by atoms with Gasteiger partial charge in [-0.1, -0.05) is 0 Å². The van der Waals surface area contributed by atoms with Crippen LogP contribution in [0.4, 0.5) is 0 Å². The van der Waals surface area contributed by atoms with E-state index in [1.54, 1.807) is 7.11 Å². The number of methoxy groups -OCH3 is 1. The lowest BCUT2D eigenvalue weighted by molar-refractivity contribution is 0.152. The van der Waals surface area contributed by atoms with Crippen LogP contribution in [-0.2, 0) is 17.8 Å². The van der Waals surface area contributed by atoms with E-state index < -0.39 is 0 Å². The van der Waals surface area contributed by atoms with Crippen LogP contribution in [0, 0.1) is 12.8 Å². The summed E-state index contributed by atoms with van der Waals surface area (Å²) in [5.41, 5.74) is 1.43. The molecule has 1 aliphatic heterocycles. The van der Waals surface area contributed by atoms with E-state index in [-0.39, 0.29) is 5.54 Å². The maximum absolute atomic E-state index is 5.88. The van der Waals surface area contributed by atoms with Crippen LogP contribution in [0.2, 0.25) is 0 Å². The molecule has 21 heavy (non-hydrogen) atoms. The Kier molecular flexibility index (Phi) is 5.47. The van der Waals surface area contributed by atoms with Gasteiger partial charge in [0.05, 0.1) is 13.2 Å². The summed E-state index contributed by atoms with van der Waals surface area (Å²) in [6.07, 6.45) is 1.24. The van der Waals surface area contributed by atoms with Gasteiger partial charge in [-0.2, -0.15) is 0 Å². The fourth-order valence-electron chi connectivity index (χ4n) is 2.85. The summed E-state index contributed by atoms with van der Waals surface area (Å²) >= 11 is 0. The molecule has 0 saturated carbocycles. The van der Waals surface area contributed by atoms with Gasteiger partial charge in [-0.25, -0.2) is 0 Å². The van der Waals surface area contributed by atoms with Crippen LogP contribution in [0.3, 0.4) is 0 Å². The van der Waals surface area contributed by atoms with E-state index in [9.17, 15) is 0 Å². The maximum Gasteiger partial charge on any atom is 0.118 e. The van der Waals surface area contributed by atoms with Crippen LogP contribution < -0.4 is 5.32 Å². The molecule has 4 nitrogen and oxygen atoms in total. The summed E-state index contributed by atoms with van der Waals surface area (Å²) in [6.45, 7) is 13.5. The highest BCUT2D eigenvalue weighted by molar-refractivity contribution is 5.21. The van der Waals surface area contributed by atoms with Crippen molar-refractivity contribution in [2.75, 3.05) is 26.8 Å². The molecule has 120 valence electrons. The monoisotopic (exact) mass is 294 g/mol. The van der Waals surface area contributed by atoms with Gasteiger partial charge in [-0.3, -0.25) is 4.90 Å². The third-order valence-electron chi connectivity index (χ3n) is 4.03. The van der Waals surface area contributed by atoms with Crippen molar-refractivity contribution in [2.45, 2.75) is 52.7 Å². The number of rotatable bonds is 6. The maximum atomic E-state index is 5.88. The summed E-state index contributed by atoms with van der Waals surface area (Å²) in [6, 6.07) is 2.21. The number of hydrogen-bond donors (Lipinski definition) is 1. The highest BCUT2D eigenvalue weighted by atomic mass is 16.5. The molecule has 1 aromatic rings. The first kappa shape index (κ1) is 16.5. The number of hydrogen-bond acceptors (Lipinski definition) is 4. The van der Waals surface area contributed by atoms with Gasteiger partial charge in [0.1, 0.15) is 11.5 Å². The van der Waals surface area contributed by atoms with Gasteiger partial charge in [0.15, 0.2) is 0 Å². The van der Waals surface area contributed by atoms with Crippen LogP contribution >= 0.6 is 0 Å². The molecular formula is C17H30N2O2. The molecule has 1 aliphatic rings. The van der Waals surface area contributed by atoms with Crippen LogP contribution in [0.5, 0.6) is 0 Å². The quantitative estimate of drug-likeness (QED) is 0.875. The smallest absolute Gasteiger partial charge is 0.118 e. The molecule has 0 bridgehead atoms. The molecule has 2 heterocycles. The SMILES string of the molecule is COCC1CCN(Cc2cc(CNC(C)(C)C)oc2C)C1. The minimum absolute atomic E-state index is 0.114. The second-order valence-corrected chi connectivity index (χ2v) is 7.24. The van der Waals surface area contributed by atoms with Crippen LogP contribution in [0.15, 0.2) is 10.5 Å². The second-order valence-electron chi connectivity index (χ2n) is 7.24. The third-order valence-corrected chi connectivity index (χ3v) is 4.03. The number of aryl methyl sites for hydroxylation is 1. The van der Waals surface area contributed by atoms with Crippen molar-refractivity contribution in [2.24, 2.45) is 5.92 Å². The Balaban J connectivity index is 1.88. The van der Waals surface area contributed by atoms with Crippen molar-refractivity contribution in [3.8, 4) is 0 Å². The Morgan fingerprint density at radius 1 is 1.43 bits per heavy atom. The van der Waals surface area contributed by atoms with Crippen molar-refractivity contribution in [1.29, 1.82) is 0 Å². The zero-order chi connectivity index (χ0) is 15.5. The first-order valence-corrected chi connectivity index (χ1v) is 7.92. The lowest BCUT2D eigenvalue weighted by atomic mass is 10.1. The molecule has 2 rings (SSSR count). The predicted molar refractivity (Wildman–Crippen MR) is 85.3 cm³/mol. The molecule has 0 aromatic carbocycles. The van der Waals surface area contributed by atoms with Gasteiger partial charge in [-0.05, 0) is 52.6 Å². The van der Waals surface area contributed by atoms with E-state index in [0.717, 1.165) is 44.3 Å². The molecule has 1 saturated heterocycles. The van der Waals surface area contributed by atoms with E-state index >= 15 is 0 Å². The first-order chi connectivity index (χ1) is 9.87. The molecule has 0 aliphatic carbocycles. The molecular weight excluding hydrogens is 264 g/mol. The van der Waals surface area contributed by atoms with Crippen molar-refractivity contribution in [3.05, 3.63) is 23.2 Å². The molecule has 1 fully saturated rings. The molecule has 0 amide bonds. The highest BCUT2D eigenvalue weighted by Crippen LogP contribution is 2.22. The molecule has 1 N–H and O–H groups in total.